The zero-order chi connectivity index (χ0) is 15.0. The molecule has 1 atom stereocenters. The van der Waals surface area contributed by atoms with Gasteiger partial charge < -0.3 is 5.73 Å². The minimum absolute atomic E-state index is 0.0546. The van der Waals surface area contributed by atoms with E-state index in [1.54, 1.807) is 4.57 Å². The lowest BCUT2D eigenvalue weighted by Gasteiger charge is -2.19. The molecule has 0 radical (unpaired) electrons. The molecule has 1 heterocycles. The molecule has 3 nitrogen and oxygen atoms in total. The van der Waals surface area contributed by atoms with Crippen molar-refractivity contribution in [2.24, 2.45) is 0 Å². The highest BCUT2D eigenvalue weighted by atomic mass is 79.9. The maximum absolute atomic E-state index is 12.7. The molecule has 2 N–H and O–H groups in total. The maximum Gasteiger partial charge on any atom is 0.260 e. The van der Waals surface area contributed by atoms with Crippen molar-refractivity contribution in [1.82, 2.24) is 4.57 Å². The minimum atomic E-state index is -0.116. The number of anilines is 1. The molecule has 0 aliphatic heterocycles. The predicted octanol–water partition coefficient (Wildman–Crippen LogP) is 3.96. The molecule has 1 aromatic heterocycles. The molecule has 0 saturated heterocycles. The fraction of sp³-hybridized carbons (Fsp3) is 0.118. The van der Waals surface area contributed by atoms with Crippen LogP contribution in [0, 0.1) is 0 Å². The average Bonchev–Trinajstić information content (AvgIpc) is 2.48. The standard InChI is InChI=1S/C17H15BrN2O/c1-11(12-6-8-14(18)9-7-12)20-16(19)10-13-4-2-3-5-15(13)17(20)21/h2-11H,19H2,1H3. The van der Waals surface area contributed by atoms with Crippen LogP contribution >= 0.6 is 15.9 Å². The van der Waals surface area contributed by atoms with Gasteiger partial charge in [0, 0.05) is 9.86 Å². The first-order chi connectivity index (χ1) is 10.1. The molecule has 0 saturated carbocycles. The first-order valence-electron chi connectivity index (χ1n) is 6.73. The second-order valence-corrected chi connectivity index (χ2v) is 5.97. The van der Waals surface area contributed by atoms with Crippen LogP contribution in [0.1, 0.15) is 18.5 Å². The van der Waals surface area contributed by atoms with Crippen LogP contribution in [0.2, 0.25) is 0 Å². The molecule has 0 amide bonds. The van der Waals surface area contributed by atoms with E-state index in [0.717, 1.165) is 15.4 Å². The summed E-state index contributed by atoms with van der Waals surface area (Å²) in [6, 6.07) is 17.2. The number of nitrogen functional groups attached to an aromatic ring is 1. The van der Waals surface area contributed by atoms with Crippen LogP contribution in [0.3, 0.4) is 0 Å². The minimum Gasteiger partial charge on any atom is -0.385 e. The molecule has 4 heteroatoms. The fourth-order valence-electron chi connectivity index (χ4n) is 2.58. The van der Waals surface area contributed by atoms with Crippen molar-refractivity contribution in [2.75, 3.05) is 5.73 Å². The number of rotatable bonds is 2. The van der Waals surface area contributed by atoms with Crippen LogP contribution in [0.5, 0.6) is 0 Å². The summed E-state index contributed by atoms with van der Waals surface area (Å²) >= 11 is 3.42. The van der Waals surface area contributed by atoms with Crippen molar-refractivity contribution in [2.45, 2.75) is 13.0 Å². The van der Waals surface area contributed by atoms with E-state index in [1.807, 2.05) is 61.5 Å². The van der Waals surface area contributed by atoms with Gasteiger partial charge in [0.25, 0.3) is 5.56 Å². The topological polar surface area (TPSA) is 48.0 Å². The van der Waals surface area contributed by atoms with Crippen LogP contribution in [-0.4, -0.2) is 4.57 Å². The zero-order valence-electron chi connectivity index (χ0n) is 11.6. The molecule has 3 aromatic rings. The predicted molar refractivity (Wildman–Crippen MR) is 90.6 cm³/mol. The van der Waals surface area contributed by atoms with Gasteiger partial charge in [0.15, 0.2) is 0 Å². The summed E-state index contributed by atoms with van der Waals surface area (Å²) in [6.45, 7) is 1.98. The van der Waals surface area contributed by atoms with Gasteiger partial charge in [-0.3, -0.25) is 9.36 Å². The van der Waals surface area contributed by atoms with E-state index in [9.17, 15) is 4.79 Å². The Hall–Kier alpha value is -2.07. The smallest absolute Gasteiger partial charge is 0.260 e. The lowest BCUT2D eigenvalue weighted by atomic mass is 10.1. The Bertz CT molecular complexity index is 853. The van der Waals surface area contributed by atoms with E-state index in [2.05, 4.69) is 15.9 Å². The molecule has 1 unspecified atom stereocenters. The van der Waals surface area contributed by atoms with Crippen LogP contribution in [0.25, 0.3) is 10.8 Å². The van der Waals surface area contributed by atoms with Gasteiger partial charge >= 0.3 is 0 Å². The number of hydrogen-bond donors (Lipinski definition) is 1. The summed E-state index contributed by atoms with van der Waals surface area (Å²) in [6.07, 6.45) is 0. The summed E-state index contributed by atoms with van der Waals surface area (Å²) in [5.74, 6) is 0.481. The van der Waals surface area contributed by atoms with Gasteiger partial charge in [-0.2, -0.15) is 0 Å². The van der Waals surface area contributed by atoms with Crippen molar-refractivity contribution >= 4 is 32.5 Å². The molecule has 2 aromatic carbocycles. The largest absolute Gasteiger partial charge is 0.385 e. The molecule has 0 aliphatic carbocycles. The first-order valence-corrected chi connectivity index (χ1v) is 7.52. The van der Waals surface area contributed by atoms with Crippen molar-refractivity contribution < 1.29 is 0 Å². The summed E-state index contributed by atoms with van der Waals surface area (Å²) < 4.78 is 2.66. The second-order valence-electron chi connectivity index (χ2n) is 5.06. The number of pyridine rings is 1. The Balaban J connectivity index is 2.20. The van der Waals surface area contributed by atoms with Gasteiger partial charge in [-0.15, -0.1) is 0 Å². The van der Waals surface area contributed by atoms with E-state index in [1.165, 1.54) is 0 Å². The highest BCUT2D eigenvalue weighted by molar-refractivity contribution is 9.10. The second kappa shape index (κ2) is 5.37. The van der Waals surface area contributed by atoms with Crippen LogP contribution < -0.4 is 11.3 Å². The lowest BCUT2D eigenvalue weighted by Crippen LogP contribution is -2.26. The molecule has 0 bridgehead atoms. The zero-order valence-corrected chi connectivity index (χ0v) is 13.2. The molecule has 21 heavy (non-hydrogen) atoms. The van der Waals surface area contributed by atoms with E-state index < -0.39 is 0 Å². The fourth-order valence-corrected chi connectivity index (χ4v) is 2.85. The van der Waals surface area contributed by atoms with Gasteiger partial charge in [-0.05, 0) is 42.1 Å². The van der Waals surface area contributed by atoms with Crippen molar-refractivity contribution in [3.8, 4) is 0 Å². The highest BCUT2D eigenvalue weighted by Crippen LogP contribution is 2.23. The van der Waals surface area contributed by atoms with Gasteiger partial charge in [-0.25, -0.2) is 0 Å². The monoisotopic (exact) mass is 342 g/mol. The SMILES string of the molecule is CC(c1ccc(Br)cc1)n1c(N)cc2ccccc2c1=O. The summed E-state index contributed by atoms with van der Waals surface area (Å²) in [4.78, 5) is 12.7. The average molecular weight is 343 g/mol. The number of nitrogens with zero attached hydrogens (tertiary/aromatic N) is 1. The summed E-state index contributed by atoms with van der Waals surface area (Å²) in [5.41, 5.74) is 7.10. The summed E-state index contributed by atoms with van der Waals surface area (Å²) in [5, 5.41) is 1.56. The number of hydrogen-bond acceptors (Lipinski definition) is 2. The molecule has 0 aliphatic rings. The number of aromatic nitrogens is 1. The van der Waals surface area contributed by atoms with E-state index in [4.69, 9.17) is 5.73 Å². The molecule has 0 spiro atoms. The Morgan fingerprint density at radius 3 is 2.48 bits per heavy atom. The van der Waals surface area contributed by atoms with Gasteiger partial charge in [0.05, 0.1) is 6.04 Å². The number of halogens is 1. The van der Waals surface area contributed by atoms with Crippen molar-refractivity contribution in [3.63, 3.8) is 0 Å². The Morgan fingerprint density at radius 1 is 1.10 bits per heavy atom. The first kappa shape index (κ1) is 13.9. The Labute approximate surface area is 131 Å². The lowest BCUT2D eigenvalue weighted by molar-refractivity contribution is 0.629. The quantitative estimate of drug-likeness (QED) is 0.766. The van der Waals surface area contributed by atoms with Crippen molar-refractivity contribution in [3.05, 3.63) is 75.0 Å². The van der Waals surface area contributed by atoms with E-state index in [-0.39, 0.29) is 11.6 Å². The van der Waals surface area contributed by atoms with Crippen LogP contribution in [0.15, 0.2) is 63.9 Å². The maximum atomic E-state index is 12.7. The number of nitrogens with two attached hydrogens (primary N) is 1. The van der Waals surface area contributed by atoms with Gasteiger partial charge in [0.1, 0.15) is 5.82 Å². The van der Waals surface area contributed by atoms with E-state index >= 15 is 0 Å². The normalized spacial score (nSPS) is 12.5. The van der Waals surface area contributed by atoms with Crippen LogP contribution in [0.4, 0.5) is 5.82 Å². The Kier molecular flexibility index (Phi) is 3.55. The van der Waals surface area contributed by atoms with Crippen LogP contribution in [-0.2, 0) is 0 Å². The molecular weight excluding hydrogens is 328 g/mol. The van der Waals surface area contributed by atoms with E-state index in [0.29, 0.717) is 11.2 Å². The van der Waals surface area contributed by atoms with Gasteiger partial charge in [-0.1, -0.05) is 46.3 Å². The molecule has 106 valence electrons. The third kappa shape index (κ3) is 2.47. The highest BCUT2D eigenvalue weighted by Gasteiger charge is 2.14. The molecular formula is C17H15BrN2O. The third-order valence-corrected chi connectivity index (χ3v) is 4.26. The van der Waals surface area contributed by atoms with Crippen molar-refractivity contribution in [1.29, 1.82) is 0 Å². The van der Waals surface area contributed by atoms with Gasteiger partial charge in [0.2, 0.25) is 0 Å². The third-order valence-electron chi connectivity index (χ3n) is 3.73. The Morgan fingerprint density at radius 2 is 1.76 bits per heavy atom. The number of fused-ring (bicyclic) bond motifs is 1. The molecule has 0 fully saturated rings. The number of benzene rings is 2. The molecule has 3 rings (SSSR count). The summed E-state index contributed by atoms with van der Waals surface area (Å²) in [7, 11) is 0.